The van der Waals surface area contributed by atoms with Gasteiger partial charge in [0.2, 0.25) is 0 Å². The molecule has 5 nitrogen and oxygen atoms in total. The van der Waals surface area contributed by atoms with E-state index in [1.54, 1.807) is 36.4 Å². The van der Waals surface area contributed by atoms with E-state index in [2.05, 4.69) is 22.2 Å². The van der Waals surface area contributed by atoms with E-state index in [-0.39, 0.29) is 22.8 Å². The molecule has 0 amide bonds. The van der Waals surface area contributed by atoms with Gasteiger partial charge in [0, 0.05) is 32.9 Å². The van der Waals surface area contributed by atoms with Crippen LogP contribution in [0.4, 0.5) is 11.4 Å². The molecular formula is C26H24Cl2N2O3S. The lowest BCUT2D eigenvalue weighted by Crippen LogP contribution is -2.29. The molecule has 0 radical (unpaired) electrons. The van der Waals surface area contributed by atoms with Gasteiger partial charge in [-0.15, -0.1) is 0 Å². The molecular weight excluding hydrogens is 491 g/mol. The minimum Gasteiger partial charge on any atom is -0.494 e. The van der Waals surface area contributed by atoms with Crippen LogP contribution in [-0.4, -0.2) is 15.0 Å². The van der Waals surface area contributed by atoms with Crippen LogP contribution in [0.15, 0.2) is 77.7 Å². The summed E-state index contributed by atoms with van der Waals surface area (Å²) >= 11 is 13.1. The predicted octanol–water partition coefficient (Wildman–Crippen LogP) is 7.02. The highest BCUT2D eigenvalue weighted by atomic mass is 35.5. The Morgan fingerprint density at radius 1 is 1.06 bits per heavy atom. The number of halogens is 2. The van der Waals surface area contributed by atoms with Crippen molar-refractivity contribution in [2.24, 2.45) is 5.92 Å². The third kappa shape index (κ3) is 4.26. The summed E-state index contributed by atoms with van der Waals surface area (Å²) in [5.74, 6) is 0.939. The highest BCUT2D eigenvalue weighted by molar-refractivity contribution is 7.92. The topological polar surface area (TPSA) is 67.4 Å². The third-order valence-corrected chi connectivity index (χ3v) is 8.41. The Kier molecular flexibility index (Phi) is 6.23. The Morgan fingerprint density at radius 3 is 2.50 bits per heavy atom. The average Bonchev–Trinajstić information content (AvgIpc) is 3.30. The van der Waals surface area contributed by atoms with Gasteiger partial charge in [-0.05, 0) is 79.4 Å². The molecule has 2 aliphatic rings. The van der Waals surface area contributed by atoms with E-state index in [1.165, 1.54) is 0 Å². The van der Waals surface area contributed by atoms with Crippen LogP contribution in [-0.2, 0) is 10.0 Å². The number of fused-ring (bicyclic) bond motifs is 3. The zero-order chi connectivity index (χ0) is 23.9. The molecule has 1 aliphatic heterocycles. The molecule has 34 heavy (non-hydrogen) atoms. The second-order valence-electron chi connectivity index (χ2n) is 8.42. The number of anilines is 2. The fourth-order valence-corrected chi connectivity index (χ4v) is 6.56. The van der Waals surface area contributed by atoms with Crippen molar-refractivity contribution in [3.8, 4) is 5.75 Å². The quantitative estimate of drug-likeness (QED) is 0.346. The normalized spacial score (nSPS) is 20.9. The molecule has 0 fully saturated rings. The van der Waals surface area contributed by atoms with Gasteiger partial charge in [-0.25, -0.2) is 8.42 Å². The fourth-order valence-electron chi connectivity index (χ4n) is 4.83. The summed E-state index contributed by atoms with van der Waals surface area (Å²) < 4.78 is 34.4. The second-order valence-corrected chi connectivity index (χ2v) is 10.9. The molecule has 5 rings (SSSR count). The smallest absolute Gasteiger partial charge is 0.261 e. The van der Waals surface area contributed by atoms with E-state index in [0.29, 0.717) is 28.1 Å². The van der Waals surface area contributed by atoms with Crippen LogP contribution < -0.4 is 14.8 Å². The first-order valence-corrected chi connectivity index (χ1v) is 13.4. The number of hydrogen-bond acceptors (Lipinski definition) is 4. The van der Waals surface area contributed by atoms with Gasteiger partial charge in [-0.2, -0.15) is 0 Å². The zero-order valence-corrected chi connectivity index (χ0v) is 20.8. The number of rotatable bonds is 6. The molecule has 8 heteroatoms. The first kappa shape index (κ1) is 23.1. The summed E-state index contributed by atoms with van der Waals surface area (Å²) in [5, 5.41) is 4.82. The molecule has 0 bridgehead atoms. The Balaban J connectivity index is 1.46. The van der Waals surface area contributed by atoms with Gasteiger partial charge < -0.3 is 10.1 Å². The Bertz CT molecular complexity index is 1340. The lowest BCUT2D eigenvalue weighted by molar-refractivity contribution is 0.340. The monoisotopic (exact) mass is 514 g/mol. The number of sulfonamides is 1. The first-order chi connectivity index (χ1) is 16.4. The van der Waals surface area contributed by atoms with Gasteiger partial charge in [0.25, 0.3) is 10.0 Å². The van der Waals surface area contributed by atoms with Gasteiger partial charge in [0.1, 0.15) is 5.75 Å². The minimum absolute atomic E-state index is 0.0641. The van der Waals surface area contributed by atoms with Gasteiger partial charge >= 0.3 is 0 Å². The average molecular weight is 515 g/mol. The summed E-state index contributed by atoms with van der Waals surface area (Å²) in [6.45, 7) is 2.45. The largest absolute Gasteiger partial charge is 0.494 e. The molecule has 3 unspecified atom stereocenters. The maximum atomic E-state index is 13.1. The second kappa shape index (κ2) is 9.17. The van der Waals surface area contributed by atoms with Gasteiger partial charge in [-0.1, -0.05) is 41.4 Å². The molecule has 0 spiro atoms. The molecule has 2 N–H and O–H groups in total. The molecule has 0 saturated carbocycles. The first-order valence-electron chi connectivity index (χ1n) is 11.1. The van der Waals surface area contributed by atoms with Crippen molar-refractivity contribution in [1.82, 2.24) is 0 Å². The highest BCUT2D eigenvalue weighted by Gasteiger charge is 2.40. The SMILES string of the molecule is CCOc1ccc(NS(=O)(=O)c2ccc3c(c2)C2C=CCC2C(c2c(Cl)cccc2Cl)N3)cc1. The minimum atomic E-state index is -3.76. The zero-order valence-electron chi connectivity index (χ0n) is 18.5. The molecule has 1 aliphatic carbocycles. The lowest BCUT2D eigenvalue weighted by atomic mass is 9.77. The standard InChI is InChI=1S/C26H24Cl2N2O3S/c1-2-33-17-11-9-16(10-12-17)30-34(31,32)18-13-14-24-21(15-18)19-5-3-6-20(19)26(29-24)25-22(27)7-4-8-23(25)28/h3-5,7-15,19-20,26,29-30H,2,6H2,1H3. The molecule has 0 saturated heterocycles. The molecule has 176 valence electrons. The van der Waals surface area contributed by atoms with E-state index in [1.807, 2.05) is 31.2 Å². The molecule has 0 aromatic heterocycles. The van der Waals surface area contributed by atoms with Crippen molar-refractivity contribution < 1.29 is 13.2 Å². The van der Waals surface area contributed by atoms with Crippen LogP contribution in [0.2, 0.25) is 10.0 Å². The van der Waals surface area contributed by atoms with Crippen LogP contribution in [0.1, 0.15) is 36.4 Å². The van der Waals surface area contributed by atoms with Crippen molar-refractivity contribution in [3.05, 3.63) is 94.0 Å². The maximum Gasteiger partial charge on any atom is 0.261 e. The van der Waals surface area contributed by atoms with Gasteiger partial charge in [-0.3, -0.25) is 4.72 Å². The van der Waals surface area contributed by atoms with E-state index < -0.39 is 10.0 Å². The fraction of sp³-hybridized carbons (Fsp3) is 0.231. The number of nitrogens with one attached hydrogen (secondary N) is 2. The predicted molar refractivity (Wildman–Crippen MR) is 138 cm³/mol. The van der Waals surface area contributed by atoms with E-state index in [0.717, 1.165) is 23.2 Å². The summed E-state index contributed by atoms with van der Waals surface area (Å²) in [5.41, 5.74) is 3.19. The summed E-state index contributed by atoms with van der Waals surface area (Å²) in [6.07, 6.45) is 5.15. The van der Waals surface area contributed by atoms with Crippen molar-refractivity contribution in [1.29, 1.82) is 0 Å². The van der Waals surface area contributed by atoms with Crippen LogP contribution in [0.5, 0.6) is 5.75 Å². The molecule has 3 aromatic carbocycles. The van der Waals surface area contributed by atoms with Crippen LogP contribution >= 0.6 is 23.2 Å². The van der Waals surface area contributed by atoms with Crippen molar-refractivity contribution >= 4 is 44.6 Å². The number of benzene rings is 3. The molecule has 3 aromatic rings. The maximum absolute atomic E-state index is 13.1. The molecule has 1 heterocycles. The van der Waals surface area contributed by atoms with Gasteiger partial charge in [0.15, 0.2) is 0 Å². The van der Waals surface area contributed by atoms with Crippen LogP contribution in [0.3, 0.4) is 0 Å². The number of hydrogen-bond donors (Lipinski definition) is 2. The summed E-state index contributed by atoms with van der Waals surface area (Å²) in [6, 6.07) is 17.5. The number of ether oxygens (including phenoxy) is 1. The Labute approximate surface area is 209 Å². The Hall–Kier alpha value is -2.67. The molecule has 3 atom stereocenters. The lowest BCUT2D eigenvalue weighted by Gasteiger charge is -2.38. The van der Waals surface area contributed by atoms with Crippen LogP contribution in [0, 0.1) is 5.92 Å². The summed E-state index contributed by atoms with van der Waals surface area (Å²) in [4.78, 5) is 0.218. The van der Waals surface area contributed by atoms with Crippen molar-refractivity contribution in [2.75, 3.05) is 16.6 Å². The summed E-state index contributed by atoms with van der Waals surface area (Å²) in [7, 11) is -3.76. The van der Waals surface area contributed by atoms with Crippen molar-refractivity contribution in [3.63, 3.8) is 0 Å². The Morgan fingerprint density at radius 2 is 1.79 bits per heavy atom. The van der Waals surface area contributed by atoms with Crippen LogP contribution in [0.25, 0.3) is 0 Å². The van der Waals surface area contributed by atoms with E-state index in [4.69, 9.17) is 27.9 Å². The van der Waals surface area contributed by atoms with Gasteiger partial charge in [0.05, 0.1) is 17.5 Å². The number of allylic oxidation sites excluding steroid dienone is 2. The highest BCUT2D eigenvalue weighted by Crippen LogP contribution is 2.52. The van der Waals surface area contributed by atoms with Crippen molar-refractivity contribution in [2.45, 2.75) is 30.2 Å². The van der Waals surface area contributed by atoms with E-state index >= 15 is 0 Å². The van der Waals surface area contributed by atoms with E-state index in [9.17, 15) is 8.42 Å². The third-order valence-electron chi connectivity index (χ3n) is 6.37.